The molecule has 0 bridgehead atoms. The number of hydrogen-bond acceptors (Lipinski definition) is 4. The number of hydrogen-bond donors (Lipinski definition) is 2. The summed E-state index contributed by atoms with van der Waals surface area (Å²) in [6, 6.07) is 0. The van der Waals surface area contributed by atoms with Gasteiger partial charge < -0.3 is 15.6 Å². The molecule has 0 aliphatic carbocycles. The lowest BCUT2D eigenvalue weighted by Crippen LogP contribution is -2.36. The highest BCUT2D eigenvalue weighted by Gasteiger charge is 2.15. The molecule has 3 N–H and O–H groups in total. The number of unbranched alkanes of at least 4 members (excludes halogenated alkanes) is 1. The van der Waals surface area contributed by atoms with Crippen molar-refractivity contribution in [3.8, 4) is 0 Å². The summed E-state index contributed by atoms with van der Waals surface area (Å²) in [6.45, 7) is 2.79. The first-order valence-electron chi connectivity index (χ1n) is 5.32. The van der Waals surface area contributed by atoms with Crippen LogP contribution < -0.4 is 16.2 Å². The maximum absolute atomic E-state index is 11.5. The Kier molecular flexibility index (Phi) is 5.39. The Bertz CT molecular complexity index is 446. The number of carbonyl (C=O) groups excluding carboxylic acids is 1. The minimum Gasteiger partial charge on any atom is -0.368 e. The minimum absolute atomic E-state index is 0.0758. The number of nitrogens with two attached hydrogens (primary N) is 1. The van der Waals surface area contributed by atoms with E-state index in [0.717, 1.165) is 12.8 Å². The molecule has 1 aromatic heterocycles. The highest BCUT2D eigenvalue weighted by Crippen LogP contribution is 2.15. The zero-order valence-corrected chi connectivity index (χ0v) is 11.7. The largest absolute Gasteiger partial charge is 0.368 e. The summed E-state index contributed by atoms with van der Waals surface area (Å²) in [7, 11) is 0. The van der Waals surface area contributed by atoms with Crippen LogP contribution in [0.3, 0.4) is 0 Å². The molecule has 6 nitrogen and oxygen atoms in total. The van der Waals surface area contributed by atoms with Crippen LogP contribution in [0.25, 0.3) is 0 Å². The Morgan fingerprint density at radius 1 is 1.65 bits per heavy atom. The van der Waals surface area contributed by atoms with E-state index in [2.05, 4.69) is 16.9 Å². The van der Waals surface area contributed by atoms with Gasteiger partial charge in [-0.25, -0.2) is 4.98 Å². The summed E-state index contributed by atoms with van der Waals surface area (Å²) in [5.41, 5.74) is 4.99. The Hall–Kier alpha value is -1.12. The van der Waals surface area contributed by atoms with E-state index in [1.807, 2.05) is 22.6 Å². The topological polar surface area (TPSA) is 92.1 Å². The van der Waals surface area contributed by atoms with Gasteiger partial charge in [-0.3, -0.25) is 9.59 Å². The lowest BCUT2D eigenvalue weighted by atomic mass is 10.3. The van der Waals surface area contributed by atoms with Crippen molar-refractivity contribution in [3.63, 3.8) is 0 Å². The molecule has 17 heavy (non-hydrogen) atoms. The average Bonchev–Trinajstić information content (AvgIpc) is 2.28. The fourth-order valence-corrected chi connectivity index (χ4v) is 2.03. The van der Waals surface area contributed by atoms with E-state index in [0.29, 0.717) is 15.9 Å². The fraction of sp³-hybridized carbons (Fsp3) is 0.500. The Balaban J connectivity index is 2.98. The normalized spacial score (nSPS) is 10.2. The molecule has 0 radical (unpaired) electrons. The van der Waals surface area contributed by atoms with E-state index >= 15 is 0 Å². The van der Waals surface area contributed by atoms with E-state index in [1.165, 1.54) is 6.33 Å². The van der Waals surface area contributed by atoms with Crippen molar-refractivity contribution in [3.05, 3.63) is 20.3 Å². The van der Waals surface area contributed by atoms with Crippen LogP contribution in [0.2, 0.25) is 0 Å². The minimum atomic E-state index is -0.431. The molecule has 0 aliphatic rings. The van der Waals surface area contributed by atoms with Gasteiger partial charge in [0.25, 0.3) is 5.56 Å². The van der Waals surface area contributed by atoms with Gasteiger partial charge in [0.1, 0.15) is 9.39 Å². The number of amides is 1. The molecule has 94 valence electrons. The maximum atomic E-state index is 11.5. The van der Waals surface area contributed by atoms with Crippen LogP contribution in [0, 0.1) is 3.57 Å². The smallest absolute Gasteiger partial charge is 0.266 e. The van der Waals surface area contributed by atoms with Crippen LogP contribution >= 0.6 is 22.6 Å². The van der Waals surface area contributed by atoms with Gasteiger partial charge in [0, 0.05) is 6.54 Å². The lowest BCUT2D eigenvalue weighted by Gasteiger charge is -2.22. The van der Waals surface area contributed by atoms with Crippen LogP contribution in [-0.4, -0.2) is 29.0 Å². The van der Waals surface area contributed by atoms with Gasteiger partial charge >= 0.3 is 0 Å². The summed E-state index contributed by atoms with van der Waals surface area (Å²) in [4.78, 5) is 30.8. The zero-order chi connectivity index (χ0) is 12.8. The summed E-state index contributed by atoms with van der Waals surface area (Å²) >= 11 is 1.92. The van der Waals surface area contributed by atoms with Crippen molar-refractivity contribution in [1.82, 2.24) is 9.97 Å². The number of rotatable bonds is 6. The van der Waals surface area contributed by atoms with Crippen molar-refractivity contribution in [1.29, 1.82) is 0 Å². The lowest BCUT2D eigenvalue weighted by molar-refractivity contribution is -0.116. The number of halogens is 1. The second kappa shape index (κ2) is 6.58. The standard InChI is InChI=1S/C10H15IN4O2/c1-2-3-4-15(5-7(12)16)9-8(11)10(17)14-6-13-9/h6H,2-5H2,1H3,(H2,12,16)(H,13,14,17). The van der Waals surface area contributed by atoms with Gasteiger partial charge in [-0.05, 0) is 29.0 Å². The molecular weight excluding hydrogens is 335 g/mol. The molecule has 7 heteroatoms. The molecule has 1 amide bonds. The number of aromatic amines is 1. The Labute approximate surface area is 113 Å². The average molecular weight is 350 g/mol. The van der Waals surface area contributed by atoms with Gasteiger partial charge in [0.2, 0.25) is 5.91 Å². The first-order valence-corrected chi connectivity index (χ1v) is 6.40. The number of carbonyl (C=O) groups is 1. The van der Waals surface area contributed by atoms with E-state index in [-0.39, 0.29) is 12.1 Å². The molecule has 1 aromatic rings. The Morgan fingerprint density at radius 2 is 2.35 bits per heavy atom. The summed E-state index contributed by atoms with van der Waals surface area (Å²) in [6.07, 6.45) is 3.24. The third-order valence-electron chi connectivity index (χ3n) is 2.21. The predicted molar refractivity (Wildman–Crippen MR) is 73.9 cm³/mol. The molecule has 0 aliphatic heterocycles. The Morgan fingerprint density at radius 3 is 2.94 bits per heavy atom. The molecule has 1 rings (SSSR count). The summed E-state index contributed by atoms with van der Waals surface area (Å²) in [5, 5.41) is 0. The van der Waals surface area contributed by atoms with E-state index in [4.69, 9.17) is 5.73 Å². The van der Waals surface area contributed by atoms with Gasteiger partial charge in [0.15, 0.2) is 0 Å². The highest BCUT2D eigenvalue weighted by molar-refractivity contribution is 14.1. The van der Waals surface area contributed by atoms with Crippen LogP contribution in [0.4, 0.5) is 5.82 Å². The van der Waals surface area contributed by atoms with E-state index in [9.17, 15) is 9.59 Å². The first-order chi connectivity index (χ1) is 8.06. The second-order valence-corrected chi connectivity index (χ2v) is 4.69. The molecule has 0 fully saturated rings. The first kappa shape index (κ1) is 13.9. The van der Waals surface area contributed by atoms with E-state index in [1.54, 1.807) is 4.90 Å². The third-order valence-corrected chi connectivity index (χ3v) is 3.18. The summed E-state index contributed by atoms with van der Waals surface area (Å²) in [5.74, 6) is 0.0839. The van der Waals surface area contributed by atoms with Crippen molar-refractivity contribution in [2.75, 3.05) is 18.0 Å². The summed E-state index contributed by atoms with van der Waals surface area (Å²) < 4.78 is 0.474. The number of aromatic nitrogens is 2. The molecule has 0 atom stereocenters. The van der Waals surface area contributed by atoms with Gasteiger partial charge in [0.05, 0.1) is 12.9 Å². The number of nitrogens with one attached hydrogen (secondary N) is 1. The molecule has 0 aromatic carbocycles. The van der Waals surface area contributed by atoms with E-state index < -0.39 is 5.91 Å². The second-order valence-electron chi connectivity index (χ2n) is 3.61. The zero-order valence-electron chi connectivity index (χ0n) is 9.57. The van der Waals surface area contributed by atoms with Crippen LogP contribution in [0.15, 0.2) is 11.1 Å². The van der Waals surface area contributed by atoms with Crippen LogP contribution in [0.5, 0.6) is 0 Å². The number of anilines is 1. The van der Waals surface area contributed by atoms with Crippen molar-refractivity contribution < 1.29 is 4.79 Å². The van der Waals surface area contributed by atoms with Gasteiger partial charge in [-0.1, -0.05) is 13.3 Å². The predicted octanol–water partition coefficient (Wildman–Crippen LogP) is 0.466. The third kappa shape index (κ3) is 3.99. The van der Waals surface area contributed by atoms with Gasteiger partial charge in [-0.15, -0.1) is 0 Å². The molecule has 0 saturated heterocycles. The monoisotopic (exact) mass is 350 g/mol. The number of primary amides is 1. The molecule has 1 heterocycles. The quantitative estimate of drug-likeness (QED) is 0.730. The maximum Gasteiger partial charge on any atom is 0.266 e. The van der Waals surface area contributed by atoms with Crippen molar-refractivity contribution >= 4 is 34.3 Å². The molecule has 0 unspecified atom stereocenters. The van der Waals surface area contributed by atoms with Gasteiger partial charge in [-0.2, -0.15) is 0 Å². The molecule has 0 saturated carbocycles. The fourth-order valence-electron chi connectivity index (χ4n) is 1.39. The highest BCUT2D eigenvalue weighted by atomic mass is 127. The SMILES string of the molecule is CCCCN(CC(N)=O)c1nc[nH]c(=O)c1I. The van der Waals surface area contributed by atoms with Crippen LogP contribution in [-0.2, 0) is 4.79 Å². The van der Waals surface area contributed by atoms with Crippen LogP contribution in [0.1, 0.15) is 19.8 Å². The van der Waals surface area contributed by atoms with Crippen molar-refractivity contribution in [2.45, 2.75) is 19.8 Å². The number of nitrogens with zero attached hydrogens (tertiary/aromatic N) is 2. The molecular formula is C10H15IN4O2. The van der Waals surface area contributed by atoms with Crippen molar-refractivity contribution in [2.24, 2.45) is 5.73 Å². The number of H-pyrrole nitrogens is 1. The molecule has 0 spiro atoms.